The van der Waals surface area contributed by atoms with E-state index in [1.807, 2.05) is 10.6 Å². The van der Waals surface area contributed by atoms with Crippen molar-refractivity contribution in [3.8, 4) is 0 Å². The van der Waals surface area contributed by atoms with E-state index < -0.39 is 49.6 Å². The third kappa shape index (κ3) is 8.69. The van der Waals surface area contributed by atoms with Gasteiger partial charge in [0.2, 0.25) is 0 Å². The standard InChI is InChI=1S/C9H13F3N2O5/c1-19-6(15)4-5(7(16)17)14-8(18)13-3-2-9(10,11)12/h5H,2-4H2,1H3,(H,16,17)(H2,13,14,18)/t5-/m0/s1. The van der Waals surface area contributed by atoms with E-state index in [2.05, 4.69) is 4.74 Å². The van der Waals surface area contributed by atoms with Crippen molar-refractivity contribution in [3.05, 3.63) is 0 Å². The van der Waals surface area contributed by atoms with Crippen LogP contribution in [0.15, 0.2) is 0 Å². The van der Waals surface area contributed by atoms with E-state index in [-0.39, 0.29) is 0 Å². The van der Waals surface area contributed by atoms with E-state index in [1.165, 1.54) is 0 Å². The van der Waals surface area contributed by atoms with Gasteiger partial charge in [-0.3, -0.25) is 4.79 Å². The first-order valence-electron chi connectivity index (χ1n) is 5.06. The van der Waals surface area contributed by atoms with Crippen LogP contribution in [-0.2, 0) is 14.3 Å². The summed E-state index contributed by atoms with van der Waals surface area (Å²) >= 11 is 0. The number of nitrogens with one attached hydrogen (secondary N) is 2. The van der Waals surface area contributed by atoms with Crippen LogP contribution in [0, 0.1) is 0 Å². The summed E-state index contributed by atoms with van der Waals surface area (Å²) in [5, 5.41) is 12.4. The number of hydrogen-bond donors (Lipinski definition) is 3. The first-order chi connectivity index (χ1) is 8.65. The Labute approximate surface area is 106 Å². The van der Waals surface area contributed by atoms with Crippen molar-refractivity contribution in [1.29, 1.82) is 0 Å². The van der Waals surface area contributed by atoms with Gasteiger partial charge in [-0.15, -0.1) is 0 Å². The summed E-state index contributed by atoms with van der Waals surface area (Å²) in [6, 6.07) is -2.68. The monoisotopic (exact) mass is 286 g/mol. The van der Waals surface area contributed by atoms with Crippen LogP contribution in [-0.4, -0.2) is 48.9 Å². The number of urea groups is 1. The number of rotatable bonds is 6. The molecule has 0 saturated heterocycles. The van der Waals surface area contributed by atoms with Crippen LogP contribution in [0.25, 0.3) is 0 Å². The molecule has 7 nitrogen and oxygen atoms in total. The van der Waals surface area contributed by atoms with Gasteiger partial charge < -0.3 is 20.5 Å². The van der Waals surface area contributed by atoms with E-state index in [4.69, 9.17) is 5.11 Å². The number of carboxylic acids is 1. The highest BCUT2D eigenvalue weighted by Gasteiger charge is 2.27. The van der Waals surface area contributed by atoms with Crippen molar-refractivity contribution in [3.63, 3.8) is 0 Å². The molecule has 0 aromatic heterocycles. The first-order valence-corrected chi connectivity index (χ1v) is 5.06. The van der Waals surface area contributed by atoms with Gasteiger partial charge in [0.1, 0.15) is 6.04 Å². The minimum absolute atomic E-state index is 0.626. The van der Waals surface area contributed by atoms with E-state index in [0.717, 1.165) is 7.11 Å². The molecule has 19 heavy (non-hydrogen) atoms. The van der Waals surface area contributed by atoms with Crippen LogP contribution >= 0.6 is 0 Å². The highest BCUT2D eigenvalue weighted by molar-refractivity contribution is 5.86. The van der Waals surface area contributed by atoms with Crippen molar-refractivity contribution in [2.45, 2.75) is 25.1 Å². The number of amides is 2. The average molecular weight is 286 g/mol. The van der Waals surface area contributed by atoms with Crippen LogP contribution in [0.5, 0.6) is 0 Å². The molecule has 0 spiro atoms. The van der Waals surface area contributed by atoms with E-state index in [9.17, 15) is 27.6 Å². The van der Waals surface area contributed by atoms with Gasteiger partial charge in [0.05, 0.1) is 20.0 Å². The second kappa shape index (κ2) is 7.44. The maximum Gasteiger partial charge on any atom is 0.390 e. The molecule has 0 rings (SSSR count). The smallest absolute Gasteiger partial charge is 0.390 e. The normalized spacial score (nSPS) is 12.4. The van der Waals surface area contributed by atoms with Crippen LogP contribution < -0.4 is 10.6 Å². The Morgan fingerprint density at radius 1 is 1.32 bits per heavy atom. The summed E-state index contributed by atoms with van der Waals surface area (Å²) in [4.78, 5) is 32.6. The van der Waals surface area contributed by atoms with Crippen molar-refractivity contribution < 1.29 is 37.4 Å². The van der Waals surface area contributed by atoms with Gasteiger partial charge in [-0.1, -0.05) is 0 Å². The van der Waals surface area contributed by atoms with Crippen molar-refractivity contribution in [2.24, 2.45) is 0 Å². The predicted molar refractivity (Wildman–Crippen MR) is 55.3 cm³/mol. The lowest BCUT2D eigenvalue weighted by Crippen LogP contribution is -2.47. The van der Waals surface area contributed by atoms with Gasteiger partial charge in [-0.25, -0.2) is 9.59 Å². The van der Waals surface area contributed by atoms with Crippen LogP contribution in [0.3, 0.4) is 0 Å². The lowest BCUT2D eigenvalue weighted by atomic mass is 10.2. The van der Waals surface area contributed by atoms with Gasteiger partial charge >= 0.3 is 24.1 Å². The Kier molecular flexibility index (Phi) is 6.66. The maximum atomic E-state index is 11.8. The van der Waals surface area contributed by atoms with E-state index in [1.54, 1.807) is 0 Å². The number of hydrogen-bond acceptors (Lipinski definition) is 4. The quantitative estimate of drug-likeness (QED) is 0.607. The number of aliphatic carboxylic acids is 1. The van der Waals surface area contributed by atoms with Crippen LogP contribution in [0.1, 0.15) is 12.8 Å². The topological polar surface area (TPSA) is 105 Å². The Hall–Kier alpha value is -2.00. The molecule has 2 amide bonds. The summed E-state index contributed by atoms with van der Waals surface area (Å²) < 4.78 is 39.6. The molecular weight excluding hydrogens is 273 g/mol. The second-order valence-electron chi connectivity index (χ2n) is 3.44. The summed E-state index contributed by atoms with van der Waals surface area (Å²) in [5.41, 5.74) is 0. The molecule has 0 bridgehead atoms. The Balaban J connectivity index is 4.18. The van der Waals surface area contributed by atoms with Gasteiger partial charge in [-0.05, 0) is 0 Å². The molecule has 3 N–H and O–H groups in total. The van der Waals surface area contributed by atoms with E-state index >= 15 is 0 Å². The van der Waals surface area contributed by atoms with Crippen LogP contribution in [0.2, 0.25) is 0 Å². The fourth-order valence-electron chi connectivity index (χ4n) is 0.977. The molecule has 0 unspecified atom stereocenters. The zero-order chi connectivity index (χ0) is 15.1. The van der Waals surface area contributed by atoms with E-state index in [0.29, 0.717) is 0 Å². The van der Waals surface area contributed by atoms with Crippen LogP contribution in [0.4, 0.5) is 18.0 Å². The minimum atomic E-state index is -4.43. The summed E-state index contributed by atoms with van der Waals surface area (Å²) in [7, 11) is 1.03. The fraction of sp³-hybridized carbons (Fsp3) is 0.667. The highest BCUT2D eigenvalue weighted by atomic mass is 19.4. The molecule has 0 aromatic carbocycles. The Morgan fingerprint density at radius 3 is 2.32 bits per heavy atom. The number of methoxy groups -OCH3 is 1. The molecule has 0 aliphatic heterocycles. The second-order valence-corrected chi connectivity index (χ2v) is 3.44. The number of carbonyl (C=O) groups excluding carboxylic acids is 2. The van der Waals surface area contributed by atoms with Gasteiger partial charge in [-0.2, -0.15) is 13.2 Å². The predicted octanol–water partition coefficient (Wildman–Crippen LogP) is 0.254. The molecule has 1 atom stereocenters. The average Bonchev–Trinajstić information content (AvgIpc) is 2.25. The largest absolute Gasteiger partial charge is 0.480 e. The minimum Gasteiger partial charge on any atom is -0.480 e. The van der Waals surface area contributed by atoms with Gasteiger partial charge in [0.15, 0.2) is 0 Å². The number of esters is 1. The summed E-state index contributed by atoms with van der Waals surface area (Å²) in [6.07, 6.45) is -6.29. The number of carbonyl (C=O) groups is 3. The molecule has 0 fully saturated rings. The van der Waals surface area contributed by atoms with Crippen molar-refractivity contribution in [2.75, 3.05) is 13.7 Å². The molecule has 0 aliphatic carbocycles. The van der Waals surface area contributed by atoms with Gasteiger partial charge in [0.25, 0.3) is 0 Å². The number of alkyl halides is 3. The molecule has 110 valence electrons. The zero-order valence-corrected chi connectivity index (χ0v) is 9.91. The molecule has 10 heteroatoms. The molecule has 0 aliphatic rings. The third-order valence-corrected chi connectivity index (χ3v) is 1.90. The highest BCUT2D eigenvalue weighted by Crippen LogP contribution is 2.17. The van der Waals surface area contributed by atoms with Gasteiger partial charge in [0, 0.05) is 6.54 Å². The number of halogens is 3. The Morgan fingerprint density at radius 2 is 1.89 bits per heavy atom. The maximum absolute atomic E-state index is 11.8. The Bertz CT molecular complexity index is 345. The molecule has 0 heterocycles. The SMILES string of the molecule is COC(=O)C[C@H](NC(=O)NCCC(F)(F)F)C(=O)O. The zero-order valence-electron chi connectivity index (χ0n) is 9.91. The molecule has 0 aromatic rings. The number of ether oxygens (including phenoxy) is 1. The molecule has 0 saturated carbocycles. The third-order valence-electron chi connectivity index (χ3n) is 1.90. The van der Waals surface area contributed by atoms with Crippen molar-refractivity contribution >= 4 is 18.0 Å². The summed E-state index contributed by atoms with van der Waals surface area (Å²) in [5.74, 6) is -2.38. The lowest BCUT2D eigenvalue weighted by Gasteiger charge is -2.14. The molecule has 0 radical (unpaired) electrons. The first kappa shape index (κ1) is 17.0. The van der Waals surface area contributed by atoms with Crippen molar-refractivity contribution in [1.82, 2.24) is 10.6 Å². The fourth-order valence-corrected chi connectivity index (χ4v) is 0.977. The lowest BCUT2D eigenvalue weighted by molar-refractivity contribution is -0.147. The molecular formula is C9H13F3N2O5. The number of carboxylic acid groups (broad SMARTS) is 1. The summed E-state index contributed by atoms with van der Waals surface area (Å²) in [6.45, 7) is -0.695.